The van der Waals surface area contributed by atoms with E-state index in [1.54, 1.807) is 0 Å². The minimum Gasteiger partial charge on any atom is -0.355 e. The number of rotatable bonds is 0. The lowest BCUT2D eigenvalue weighted by atomic mass is 9.86. The largest absolute Gasteiger partial charge is 0.355 e. The zero-order valence-electron chi connectivity index (χ0n) is 11.4. The Morgan fingerprint density at radius 2 is 1.58 bits per heavy atom. The topological polar surface area (TPSA) is 39.6 Å². The van der Waals surface area contributed by atoms with E-state index in [0.29, 0.717) is 5.56 Å². The molecule has 0 atom stereocenters. The summed E-state index contributed by atoms with van der Waals surface area (Å²) in [6.07, 6.45) is 0. The van der Waals surface area contributed by atoms with Crippen LogP contribution in [0, 0.1) is 11.3 Å². The molecular weight excluding hydrogens is 232 g/mol. The van der Waals surface area contributed by atoms with Crippen molar-refractivity contribution >= 4 is 21.8 Å². The zero-order valence-corrected chi connectivity index (χ0v) is 11.4. The van der Waals surface area contributed by atoms with Crippen LogP contribution in [0.1, 0.15) is 31.9 Å². The molecule has 2 nitrogen and oxygen atoms in total. The van der Waals surface area contributed by atoms with Gasteiger partial charge in [0.05, 0.1) is 11.6 Å². The van der Waals surface area contributed by atoms with E-state index < -0.39 is 0 Å². The van der Waals surface area contributed by atoms with Gasteiger partial charge in [-0.25, -0.2) is 0 Å². The second-order valence-corrected chi connectivity index (χ2v) is 6.01. The maximum atomic E-state index is 9.03. The van der Waals surface area contributed by atoms with Gasteiger partial charge in [-0.1, -0.05) is 26.8 Å². The van der Waals surface area contributed by atoms with Crippen LogP contribution in [-0.4, -0.2) is 4.98 Å². The average molecular weight is 248 g/mol. The molecule has 19 heavy (non-hydrogen) atoms. The molecule has 1 heterocycles. The van der Waals surface area contributed by atoms with Crippen LogP contribution in [0.25, 0.3) is 21.8 Å². The summed E-state index contributed by atoms with van der Waals surface area (Å²) in [7, 11) is 0. The van der Waals surface area contributed by atoms with Crippen LogP contribution in [0.3, 0.4) is 0 Å². The van der Waals surface area contributed by atoms with E-state index >= 15 is 0 Å². The molecule has 0 radical (unpaired) electrons. The quantitative estimate of drug-likeness (QED) is 0.625. The summed E-state index contributed by atoms with van der Waals surface area (Å²) in [4.78, 5) is 3.40. The number of aromatic amines is 1. The fraction of sp³-hybridized carbons (Fsp3) is 0.235. The highest BCUT2D eigenvalue weighted by Gasteiger charge is 2.15. The van der Waals surface area contributed by atoms with Crippen LogP contribution >= 0.6 is 0 Å². The highest BCUT2D eigenvalue weighted by Crippen LogP contribution is 2.31. The van der Waals surface area contributed by atoms with Gasteiger partial charge >= 0.3 is 0 Å². The van der Waals surface area contributed by atoms with Crippen molar-refractivity contribution in [1.29, 1.82) is 5.26 Å². The number of fused-ring (bicyclic) bond motifs is 3. The summed E-state index contributed by atoms with van der Waals surface area (Å²) >= 11 is 0. The van der Waals surface area contributed by atoms with Crippen molar-refractivity contribution in [2.75, 3.05) is 0 Å². The molecule has 0 aliphatic heterocycles. The molecule has 94 valence electrons. The standard InChI is InChI=1S/C17H16N2/c1-17(2,3)12-5-7-16-14(9-12)13-8-11(10-18)4-6-15(13)19-16/h4-9,19H,1-3H3. The number of nitrogens with zero attached hydrogens (tertiary/aromatic N) is 1. The molecule has 2 aromatic carbocycles. The van der Waals surface area contributed by atoms with Gasteiger partial charge in [-0.3, -0.25) is 0 Å². The van der Waals surface area contributed by atoms with Crippen molar-refractivity contribution in [3.63, 3.8) is 0 Å². The van der Waals surface area contributed by atoms with Gasteiger partial charge < -0.3 is 4.98 Å². The zero-order chi connectivity index (χ0) is 13.6. The summed E-state index contributed by atoms with van der Waals surface area (Å²) in [6, 6.07) is 14.5. The molecule has 0 saturated heterocycles. The smallest absolute Gasteiger partial charge is 0.0991 e. The molecule has 3 aromatic rings. The van der Waals surface area contributed by atoms with Crippen LogP contribution in [0.4, 0.5) is 0 Å². The second kappa shape index (κ2) is 3.86. The van der Waals surface area contributed by atoms with Crippen LogP contribution < -0.4 is 0 Å². The first-order valence-corrected chi connectivity index (χ1v) is 6.45. The molecule has 0 unspecified atom stereocenters. The van der Waals surface area contributed by atoms with E-state index in [1.807, 2.05) is 18.2 Å². The molecule has 0 fully saturated rings. The molecule has 0 aliphatic rings. The normalized spacial score (nSPS) is 11.9. The van der Waals surface area contributed by atoms with E-state index in [9.17, 15) is 0 Å². The Morgan fingerprint density at radius 3 is 2.21 bits per heavy atom. The Hall–Kier alpha value is -2.27. The second-order valence-electron chi connectivity index (χ2n) is 6.01. The van der Waals surface area contributed by atoms with Crippen LogP contribution in [-0.2, 0) is 5.41 Å². The number of aromatic nitrogens is 1. The van der Waals surface area contributed by atoms with E-state index in [-0.39, 0.29) is 5.41 Å². The number of hydrogen-bond donors (Lipinski definition) is 1. The first kappa shape index (κ1) is 11.8. The molecule has 0 saturated carbocycles. The lowest BCUT2D eigenvalue weighted by Gasteiger charge is -2.18. The Balaban J connectivity index is 2.37. The molecule has 0 spiro atoms. The summed E-state index contributed by atoms with van der Waals surface area (Å²) in [6.45, 7) is 6.64. The van der Waals surface area contributed by atoms with Gasteiger partial charge in [-0.15, -0.1) is 0 Å². The summed E-state index contributed by atoms with van der Waals surface area (Å²) in [5.74, 6) is 0. The van der Waals surface area contributed by atoms with Crippen LogP contribution in [0.2, 0.25) is 0 Å². The van der Waals surface area contributed by atoms with Gasteiger partial charge in [0.2, 0.25) is 0 Å². The number of benzene rings is 2. The Bertz CT molecular complexity index is 811. The SMILES string of the molecule is CC(C)(C)c1ccc2[nH]c3ccc(C#N)cc3c2c1. The number of hydrogen-bond acceptors (Lipinski definition) is 1. The fourth-order valence-electron chi connectivity index (χ4n) is 2.43. The van der Waals surface area contributed by atoms with Gasteiger partial charge in [-0.05, 0) is 41.3 Å². The van der Waals surface area contributed by atoms with Gasteiger partial charge in [0, 0.05) is 21.8 Å². The molecule has 0 bridgehead atoms. The number of nitriles is 1. The number of nitrogens with one attached hydrogen (secondary N) is 1. The summed E-state index contributed by atoms with van der Waals surface area (Å²) in [5.41, 5.74) is 4.35. The maximum absolute atomic E-state index is 9.03. The monoisotopic (exact) mass is 248 g/mol. The van der Waals surface area contributed by atoms with Gasteiger partial charge in [0.1, 0.15) is 0 Å². The van der Waals surface area contributed by atoms with Crippen molar-refractivity contribution in [3.05, 3.63) is 47.5 Å². The Labute approximate surface area is 112 Å². The summed E-state index contributed by atoms with van der Waals surface area (Å²) < 4.78 is 0. The van der Waals surface area contributed by atoms with Crippen LogP contribution in [0.5, 0.6) is 0 Å². The van der Waals surface area contributed by atoms with Crippen molar-refractivity contribution in [1.82, 2.24) is 4.98 Å². The van der Waals surface area contributed by atoms with Gasteiger partial charge in [0.15, 0.2) is 0 Å². The van der Waals surface area contributed by atoms with Crippen molar-refractivity contribution in [2.24, 2.45) is 0 Å². The molecule has 2 heteroatoms. The lowest BCUT2D eigenvalue weighted by molar-refractivity contribution is 0.591. The molecule has 3 rings (SSSR count). The average Bonchev–Trinajstić information content (AvgIpc) is 2.74. The van der Waals surface area contributed by atoms with Crippen molar-refractivity contribution in [2.45, 2.75) is 26.2 Å². The fourth-order valence-corrected chi connectivity index (χ4v) is 2.43. The van der Waals surface area contributed by atoms with E-state index in [0.717, 1.165) is 16.4 Å². The molecular formula is C17H16N2. The van der Waals surface area contributed by atoms with Crippen LogP contribution in [0.15, 0.2) is 36.4 Å². The number of H-pyrrole nitrogens is 1. The van der Waals surface area contributed by atoms with Crippen molar-refractivity contribution in [3.8, 4) is 6.07 Å². The van der Waals surface area contributed by atoms with Gasteiger partial charge in [0.25, 0.3) is 0 Å². The third kappa shape index (κ3) is 1.88. The maximum Gasteiger partial charge on any atom is 0.0991 e. The Morgan fingerprint density at radius 1 is 0.947 bits per heavy atom. The third-order valence-corrected chi connectivity index (χ3v) is 3.59. The van der Waals surface area contributed by atoms with E-state index in [2.05, 4.69) is 50.0 Å². The predicted octanol–water partition coefficient (Wildman–Crippen LogP) is 4.49. The molecule has 0 aliphatic carbocycles. The van der Waals surface area contributed by atoms with Crippen molar-refractivity contribution < 1.29 is 0 Å². The first-order chi connectivity index (χ1) is 8.99. The lowest BCUT2D eigenvalue weighted by Crippen LogP contribution is -2.10. The minimum absolute atomic E-state index is 0.130. The predicted molar refractivity (Wildman–Crippen MR) is 79.2 cm³/mol. The summed E-state index contributed by atoms with van der Waals surface area (Å²) in [5, 5.41) is 11.3. The molecule has 1 N–H and O–H groups in total. The van der Waals surface area contributed by atoms with Gasteiger partial charge in [-0.2, -0.15) is 5.26 Å². The molecule has 0 amide bonds. The highest BCUT2D eigenvalue weighted by atomic mass is 14.7. The highest BCUT2D eigenvalue weighted by molar-refractivity contribution is 6.07. The van der Waals surface area contributed by atoms with E-state index in [1.165, 1.54) is 10.9 Å². The van der Waals surface area contributed by atoms with E-state index in [4.69, 9.17) is 5.26 Å². The minimum atomic E-state index is 0.130. The molecule has 1 aromatic heterocycles. The Kier molecular flexibility index (Phi) is 2.40. The third-order valence-electron chi connectivity index (χ3n) is 3.59. The first-order valence-electron chi connectivity index (χ1n) is 6.45.